The average Bonchev–Trinajstić information content (AvgIpc) is 2.37. The number of aliphatic carboxylic acids is 1. The van der Waals surface area contributed by atoms with Gasteiger partial charge in [-0.25, -0.2) is 4.79 Å². The number of carbonyl (C=O) groups is 2. The lowest BCUT2D eigenvalue weighted by Gasteiger charge is -2.22. The third-order valence-electron chi connectivity index (χ3n) is 2.29. The summed E-state index contributed by atoms with van der Waals surface area (Å²) in [7, 11) is 0. The van der Waals surface area contributed by atoms with Crippen LogP contribution in [0.2, 0.25) is 0 Å². The Morgan fingerprint density at radius 1 is 1.32 bits per heavy atom. The number of rotatable bonds is 6. The smallest absolute Gasteiger partial charge is 0.322 e. The summed E-state index contributed by atoms with van der Waals surface area (Å²) in [5.74, 6) is -0.963. The molecule has 19 heavy (non-hydrogen) atoms. The first-order chi connectivity index (χ1) is 9.00. The summed E-state index contributed by atoms with van der Waals surface area (Å²) in [5.41, 5.74) is 0.626. The van der Waals surface area contributed by atoms with Crippen molar-refractivity contribution >= 4 is 29.3 Å². The van der Waals surface area contributed by atoms with Crippen molar-refractivity contribution in [1.29, 1.82) is 0 Å². The van der Waals surface area contributed by atoms with E-state index < -0.39 is 12.0 Å². The second-order valence-electron chi connectivity index (χ2n) is 3.81. The fourth-order valence-electron chi connectivity index (χ4n) is 1.43. The molecule has 6 heteroatoms. The van der Waals surface area contributed by atoms with Crippen molar-refractivity contribution in [2.45, 2.75) is 6.42 Å². The number of amides is 2. The van der Waals surface area contributed by atoms with E-state index in [0.29, 0.717) is 10.7 Å². The van der Waals surface area contributed by atoms with Gasteiger partial charge in [0.1, 0.15) is 0 Å². The zero-order valence-electron chi connectivity index (χ0n) is 10.3. The van der Waals surface area contributed by atoms with Crippen LogP contribution in [0.15, 0.2) is 41.9 Å². The molecule has 0 radical (unpaired) electrons. The summed E-state index contributed by atoms with van der Waals surface area (Å²) in [4.78, 5) is 24.0. The Labute approximate surface area is 116 Å². The lowest BCUT2D eigenvalue weighted by molar-refractivity contribution is -0.136. The molecule has 0 aromatic heterocycles. The fourth-order valence-corrected chi connectivity index (χ4v) is 1.50. The largest absolute Gasteiger partial charge is 0.481 e. The number of carboxylic acid groups (broad SMARTS) is 1. The molecule has 0 unspecified atom stereocenters. The quantitative estimate of drug-likeness (QED) is 0.842. The van der Waals surface area contributed by atoms with Crippen LogP contribution in [0, 0.1) is 0 Å². The van der Waals surface area contributed by atoms with Gasteiger partial charge in [0.25, 0.3) is 0 Å². The highest BCUT2D eigenvalue weighted by atomic mass is 35.5. The summed E-state index contributed by atoms with van der Waals surface area (Å²) in [5, 5.41) is 11.6. The molecule has 102 valence electrons. The molecule has 1 aromatic carbocycles. The molecule has 1 rings (SSSR count). The Balaban J connectivity index is 2.77. The van der Waals surface area contributed by atoms with E-state index in [4.69, 9.17) is 16.7 Å². The number of nitrogens with zero attached hydrogens (tertiary/aromatic N) is 1. The van der Waals surface area contributed by atoms with Gasteiger partial charge in [0, 0.05) is 17.3 Å². The van der Waals surface area contributed by atoms with Crippen molar-refractivity contribution in [3.8, 4) is 0 Å². The van der Waals surface area contributed by atoms with E-state index in [0.717, 1.165) is 0 Å². The standard InChI is InChI=1S/C13H15ClN2O3/c1-10(14)9-15-13(19)16(8-7-12(17)18)11-5-3-2-4-6-11/h2-6H,1,7-9H2,(H,15,19)(H,17,18). The number of carboxylic acids is 1. The van der Waals surface area contributed by atoms with Gasteiger partial charge in [0.2, 0.25) is 0 Å². The summed E-state index contributed by atoms with van der Waals surface area (Å²) < 4.78 is 0. The van der Waals surface area contributed by atoms with Crippen LogP contribution in [-0.2, 0) is 4.79 Å². The number of benzene rings is 1. The van der Waals surface area contributed by atoms with Gasteiger partial charge in [-0.3, -0.25) is 9.69 Å². The summed E-state index contributed by atoms with van der Waals surface area (Å²) in [6.45, 7) is 3.69. The highest BCUT2D eigenvalue weighted by Gasteiger charge is 2.16. The molecular weight excluding hydrogens is 268 g/mol. The molecule has 0 heterocycles. The van der Waals surface area contributed by atoms with Crippen molar-refractivity contribution < 1.29 is 14.7 Å². The van der Waals surface area contributed by atoms with E-state index in [-0.39, 0.29) is 19.5 Å². The van der Waals surface area contributed by atoms with E-state index in [2.05, 4.69) is 11.9 Å². The molecule has 0 saturated carbocycles. The number of hydrogen-bond acceptors (Lipinski definition) is 2. The fraction of sp³-hybridized carbons (Fsp3) is 0.231. The number of carbonyl (C=O) groups excluding carboxylic acids is 1. The van der Waals surface area contributed by atoms with Crippen LogP contribution in [0.4, 0.5) is 10.5 Å². The van der Waals surface area contributed by atoms with Crippen molar-refractivity contribution in [2.75, 3.05) is 18.0 Å². The molecular formula is C13H15ClN2O3. The number of para-hydroxylation sites is 1. The monoisotopic (exact) mass is 282 g/mol. The normalized spacial score (nSPS) is 9.74. The van der Waals surface area contributed by atoms with Gasteiger partial charge in [-0.05, 0) is 12.1 Å². The van der Waals surface area contributed by atoms with Crippen molar-refractivity contribution in [3.05, 3.63) is 41.9 Å². The third-order valence-corrected chi connectivity index (χ3v) is 2.43. The molecule has 1 aromatic rings. The van der Waals surface area contributed by atoms with Crippen molar-refractivity contribution in [2.24, 2.45) is 0 Å². The van der Waals surface area contributed by atoms with Crippen LogP contribution < -0.4 is 10.2 Å². The number of urea groups is 1. The van der Waals surface area contributed by atoms with Crippen LogP contribution in [0.3, 0.4) is 0 Å². The molecule has 0 atom stereocenters. The van der Waals surface area contributed by atoms with Gasteiger partial charge in [0.15, 0.2) is 0 Å². The van der Waals surface area contributed by atoms with E-state index >= 15 is 0 Å². The first-order valence-electron chi connectivity index (χ1n) is 5.66. The van der Waals surface area contributed by atoms with Gasteiger partial charge in [0.05, 0.1) is 13.0 Å². The van der Waals surface area contributed by atoms with Gasteiger partial charge in [-0.15, -0.1) is 0 Å². The molecule has 2 N–H and O–H groups in total. The molecule has 0 aliphatic carbocycles. The van der Waals surface area contributed by atoms with Crippen LogP contribution in [0.5, 0.6) is 0 Å². The van der Waals surface area contributed by atoms with E-state index in [9.17, 15) is 9.59 Å². The second-order valence-corrected chi connectivity index (χ2v) is 4.34. The number of hydrogen-bond donors (Lipinski definition) is 2. The number of halogens is 1. The molecule has 0 spiro atoms. The minimum absolute atomic E-state index is 0.0833. The van der Waals surface area contributed by atoms with Gasteiger partial charge < -0.3 is 10.4 Å². The molecule has 2 amide bonds. The van der Waals surface area contributed by atoms with Crippen molar-refractivity contribution in [3.63, 3.8) is 0 Å². The number of anilines is 1. The van der Waals surface area contributed by atoms with Crippen molar-refractivity contribution in [1.82, 2.24) is 5.32 Å². The topological polar surface area (TPSA) is 69.6 Å². The third kappa shape index (κ3) is 5.44. The lowest BCUT2D eigenvalue weighted by Crippen LogP contribution is -2.41. The van der Waals surface area contributed by atoms with Crippen LogP contribution >= 0.6 is 11.6 Å². The van der Waals surface area contributed by atoms with Crippen LogP contribution in [-0.4, -0.2) is 30.2 Å². The Hall–Kier alpha value is -2.01. The zero-order chi connectivity index (χ0) is 14.3. The minimum atomic E-state index is -0.963. The van der Waals surface area contributed by atoms with Crippen LogP contribution in [0.1, 0.15) is 6.42 Å². The Morgan fingerprint density at radius 3 is 2.47 bits per heavy atom. The first kappa shape index (κ1) is 15.0. The Bertz CT molecular complexity index is 462. The van der Waals surface area contributed by atoms with E-state index in [1.807, 2.05) is 6.07 Å². The molecule has 0 aliphatic rings. The molecule has 5 nitrogen and oxygen atoms in total. The van der Waals surface area contributed by atoms with E-state index in [1.54, 1.807) is 24.3 Å². The highest BCUT2D eigenvalue weighted by molar-refractivity contribution is 6.29. The van der Waals surface area contributed by atoms with Gasteiger partial charge in [-0.1, -0.05) is 36.4 Å². The van der Waals surface area contributed by atoms with Gasteiger partial charge >= 0.3 is 12.0 Å². The number of nitrogens with one attached hydrogen (secondary N) is 1. The van der Waals surface area contributed by atoms with Gasteiger partial charge in [-0.2, -0.15) is 0 Å². The summed E-state index contributed by atoms with van der Waals surface area (Å²) in [6.07, 6.45) is -0.135. The minimum Gasteiger partial charge on any atom is -0.481 e. The molecule has 0 fully saturated rings. The molecule has 0 bridgehead atoms. The van der Waals surface area contributed by atoms with E-state index in [1.165, 1.54) is 4.90 Å². The summed E-state index contributed by atoms with van der Waals surface area (Å²) in [6, 6.07) is 8.42. The maximum atomic E-state index is 12.0. The molecule has 0 saturated heterocycles. The Kier molecular flexibility index (Phi) is 5.89. The predicted octanol–water partition coefficient (Wildman–Crippen LogP) is 2.43. The molecule has 0 aliphatic heterocycles. The predicted molar refractivity (Wildman–Crippen MR) is 74.4 cm³/mol. The zero-order valence-corrected chi connectivity index (χ0v) is 11.1. The average molecular weight is 283 g/mol. The first-order valence-corrected chi connectivity index (χ1v) is 6.04. The van der Waals surface area contributed by atoms with Crippen LogP contribution in [0.25, 0.3) is 0 Å². The maximum absolute atomic E-state index is 12.0. The maximum Gasteiger partial charge on any atom is 0.322 e. The SMILES string of the molecule is C=C(Cl)CNC(=O)N(CCC(=O)O)c1ccccc1. The second kappa shape index (κ2) is 7.43. The highest BCUT2D eigenvalue weighted by Crippen LogP contribution is 2.14. The lowest BCUT2D eigenvalue weighted by atomic mass is 10.3. The Morgan fingerprint density at radius 2 is 1.95 bits per heavy atom. The summed E-state index contributed by atoms with van der Waals surface area (Å²) >= 11 is 5.58.